The van der Waals surface area contributed by atoms with Crippen LogP contribution >= 0.6 is 0 Å². The first-order chi connectivity index (χ1) is 5.74. The number of likely N-dealkylation sites (N-methyl/N-ethyl adjacent to an activating group) is 1. The van der Waals surface area contributed by atoms with E-state index < -0.39 is 0 Å². The van der Waals surface area contributed by atoms with Crippen molar-refractivity contribution in [2.75, 3.05) is 26.2 Å². The van der Waals surface area contributed by atoms with E-state index in [0.29, 0.717) is 19.4 Å². The van der Waals surface area contributed by atoms with Crippen LogP contribution in [0, 0.1) is 0 Å². The molecule has 0 aromatic heterocycles. The highest BCUT2D eigenvalue weighted by Crippen LogP contribution is 1.99. The fraction of sp³-hybridized carbons (Fsp3) is 1.00. The summed E-state index contributed by atoms with van der Waals surface area (Å²) in [7, 11) is 0. The minimum absolute atomic E-state index is 0.0741. The zero-order chi connectivity index (χ0) is 9.40. The molecular formula is C9H20NO2. The molecule has 0 fully saturated rings. The van der Waals surface area contributed by atoms with E-state index in [1.165, 1.54) is 0 Å². The second kappa shape index (κ2) is 7.53. The van der Waals surface area contributed by atoms with Crippen LogP contribution in [0.25, 0.3) is 0 Å². The molecule has 0 rings (SSSR count). The number of aliphatic hydroxyl groups excluding tert-OH is 1. The summed E-state index contributed by atoms with van der Waals surface area (Å²) in [6.45, 7) is 6.70. The van der Waals surface area contributed by atoms with Gasteiger partial charge in [-0.25, -0.2) is 5.11 Å². The van der Waals surface area contributed by atoms with Crippen molar-refractivity contribution in [2.45, 2.75) is 32.8 Å². The van der Waals surface area contributed by atoms with Gasteiger partial charge in [-0.1, -0.05) is 13.8 Å². The van der Waals surface area contributed by atoms with Crippen molar-refractivity contribution < 1.29 is 10.2 Å². The maximum absolute atomic E-state index is 10.1. The predicted octanol–water partition coefficient (Wildman–Crippen LogP) is 0.900. The van der Waals surface area contributed by atoms with Crippen LogP contribution in [0.5, 0.6) is 0 Å². The molecule has 0 aliphatic rings. The summed E-state index contributed by atoms with van der Waals surface area (Å²) >= 11 is 0. The highest BCUT2D eigenvalue weighted by Gasteiger charge is 2.07. The highest BCUT2D eigenvalue weighted by atomic mass is 16.3. The van der Waals surface area contributed by atoms with Crippen molar-refractivity contribution in [3.05, 3.63) is 0 Å². The van der Waals surface area contributed by atoms with Crippen LogP contribution in [0.3, 0.4) is 0 Å². The van der Waals surface area contributed by atoms with Gasteiger partial charge in [0.1, 0.15) is 0 Å². The molecular weight excluding hydrogens is 154 g/mol. The Kier molecular flexibility index (Phi) is 7.45. The van der Waals surface area contributed by atoms with Crippen molar-refractivity contribution in [1.82, 2.24) is 4.90 Å². The molecule has 0 bridgehead atoms. The van der Waals surface area contributed by atoms with E-state index >= 15 is 0 Å². The number of aliphatic hydroxyl groups is 1. The van der Waals surface area contributed by atoms with Crippen LogP contribution in [0.2, 0.25) is 0 Å². The van der Waals surface area contributed by atoms with E-state index in [9.17, 15) is 10.2 Å². The summed E-state index contributed by atoms with van der Waals surface area (Å²) in [4.78, 5) is 2.16. The lowest BCUT2D eigenvalue weighted by Crippen LogP contribution is -2.32. The molecule has 3 nitrogen and oxygen atoms in total. The Morgan fingerprint density at radius 3 is 2.33 bits per heavy atom. The maximum atomic E-state index is 10.1. The molecule has 0 saturated carbocycles. The van der Waals surface area contributed by atoms with Gasteiger partial charge in [0.25, 0.3) is 0 Å². The van der Waals surface area contributed by atoms with Crippen molar-refractivity contribution in [3.63, 3.8) is 0 Å². The van der Waals surface area contributed by atoms with Crippen LogP contribution in [-0.2, 0) is 5.11 Å². The summed E-state index contributed by atoms with van der Waals surface area (Å²) in [6, 6.07) is 0. The van der Waals surface area contributed by atoms with Crippen molar-refractivity contribution in [1.29, 1.82) is 0 Å². The lowest BCUT2D eigenvalue weighted by molar-refractivity contribution is 0.0948. The number of hydrogen-bond acceptors (Lipinski definition) is 2. The fourth-order valence-electron chi connectivity index (χ4n) is 1.19. The molecule has 1 atom stereocenters. The molecule has 0 aliphatic heterocycles. The Morgan fingerprint density at radius 1 is 1.33 bits per heavy atom. The summed E-state index contributed by atoms with van der Waals surface area (Å²) in [5.74, 6) is 0. The summed E-state index contributed by atoms with van der Waals surface area (Å²) in [5, 5.41) is 19.6. The Hall–Kier alpha value is -0.120. The Labute approximate surface area is 75.0 Å². The van der Waals surface area contributed by atoms with E-state index in [4.69, 9.17) is 0 Å². The molecule has 1 unspecified atom stereocenters. The zero-order valence-corrected chi connectivity index (χ0v) is 8.12. The SMILES string of the molecule is CCN(CC)CC(O)CCC[O]. The molecule has 1 N–H and O–H groups in total. The van der Waals surface area contributed by atoms with Crippen LogP contribution in [0.15, 0.2) is 0 Å². The van der Waals surface area contributed by atoms with Gasteiger partial charge in [0, 0.05) is 6.54 Å². The van der Waals surface area contributed by atoms with Gasteiger partial charge in [0.2, 0.25) is 0 Å². The summed E-state index contributed by atoms with van der Waals surface area (Å²) in [6.07, 6.45) is 0.904. The van der Waals surface area contributed by atoms with Gasteiger partial charge in [0.15, 0.2) is 0 Å². The van der Waals surface area contributed by atoms with Crippen LogP contribution in [0.4, 0.5) is 0 Å². The van der Waals surface area contributed by atoms with Gasteiger partial charge in [-0.3, -0.25) is 0 Å². The van der Waals surface area contributed by atoms with Crippen molar-refractivity contribution >= 4 is 0 Å². The van der Waals surface area contributed by atoms with Gasteiger partial charge in [-0.05, 0) is 25.9 Å². The third-order valence-corrected chi connectivity index (χ3v) is 2.05. The van der Waals surface area contributed by atoms with Gasteiger partial charge < -0.3 is 10.0 Å². The third kappa shape index (κ3) is 5.52. The first-order valence-electron chi connectivity index (χ1n) is 4.73. The number of rotatable bonds is 7. The van der Waals surface area contributed by atoms with Gasteiger partial charge >= 0.3 is 0 Å². The summed E-state index contributed by atoms with van der Waals surface area (Å²) < 4.78 is 0. The zero-order valence-electron chi connectivity index (χ0n) is 8.12. The van der Waals surface area contributed by atoms with E-state index in [1.54, 1.807) is 0 Å². The minimum Gasteiger partial charge on any atom is -0.392 e. The highest BCUT2D eigenvalue weighted by molar-refractivity contribution is 4.61. The largest absolute Gasteiger partial charge is 0.392 e. The minimum atomic E-state index is -0.321. The number of nitrogens with zero attached hydrogens (tertiary/aromatic N) is 1. The molecule has 0 saturated heterocycles. The van der Waals surface area contributed by atoms with Gasteiger partial charge in [-0.15, -0.1) is 0 Å². The van der Waals surface area contributed by atoms with E-state index in [-0.39, 0.29) is 12.7 Å². The standard InChI is InChI=1S/C9H20NO2/c1-3-10(4-2)8-9(12)6-5-7-11/h9,12H,3-8H2,1-2H3. The molecule has 0 heterocycles. The second-order valence-electron chi connectivity index (χ2n) is 2.99. The van der Waals surface area contributed by atoms with Crippen LogP contribution in [-0.4, -0.2) is 42.4 Å². The molecule has 0 spiro atoms. The third-order valence-electron chi connectivity index (χ3n) is 2.05. The lowest BCUT2D eigenvalue weighted by atomic mass is 10.2. The quantitative estimate of drug-likeness (QED) is 0.623. The summed E-state index contributed by atoms with van der Waals surface area (Å²) in [5.41, 5.74) is 0. The Balaban J connectivity index is 3.44. The molecule has 1 radical (unpaired) electrons. The van der Waals surface area contributed by atoms with Gasteiger partial charge in [0.05, 0.1) is 12.7 Å². The second-order valence-corrected chi connectivity index (χ2v) is 2.99. The lowest BCUT2D eigenvalue weighted by Gasteiger charge is -2.21. The first-order valence-corrected chi connectivity index (χ1v) is 4.73. The van der Waals surface area contributed by atoms with Gasteiger partial charge in [-0.2, -0.15) is 0 Å². The average Bonchev–Trinajstić information content (AvgIpc) is 2.10. The van der Waals surface area contributed by atoms with Crippen LogP contribution in [0.1, 0.15) is 26.7 Å². The average molecular weight is 174 g/mol. The molecule has 73 valence electrons. The number of hydrogen-bond donors (Lipinski definition) is 1. The predicted molar refractivity (Wildman–Crippen MR) is 48.6 cm³/mol. The molecule has 0 aromatic rings. The smallest absolute Gasteiger partial charge is 0.0823 e. The topological polar surface area (TPSA) is 43.4 Å². The molecule has 12 heavy (non-hydrogen) atoms. The fourth-order valence-corrected chi connectivity index (χ4v) is 1.19. The van der Waals surface area contributed by atoms with E-state index in [2.05, 4.69) is 18.7 Å². The first kappa shape index (κ1) is 11.9. The Bertz CT molecular complexity index is 94.5. The Morgan fingerprint density at radius 2 is 1.92 bits per heavy atom. The van der Waals surface area contributed by atoms with Crippen LogP contribution < -0.4 is 0 Å². The molecule has 0 aliphatic carbocycles. The van der Waals surface area contributed by atoms with E-state index in [1.807, 2.05) is 0 Å². The van der Waals surface area contributed by atoms with Crippen molar-refractivity contribution in [3.8, 4) is 0 Å². The maximum Gasteiger partial charge on any atom is 0.0823 e. The molecule has 0 aromatic carbocycles. The molecule has 0 amide bonds. The monoisotopic (exact) mass is 174 g/mol. The normalized spacial score (nSPS) is 13.8. The van der Waals surface area contributed by atoms with Crippen molar-refractivity contribution in [2.24, 2.45) is 0 Å². The molecule has 3 heteroatoms. The van der Waals surface area contributed by atoms with E-state index in [0.717, 1.165) is 13.1 Å².